The van der Waals surface area contributed by atoms with Crippen LogP contribution in [0.25, 0.3) is 0 Å². The number of ether oxygens (including phenoxy) is 1. The van der Waals surface area contributed by atoms with E-state index in [4.69, 9.17) is 4.74 Å². The van der Waals surface area contributed by atoms with Crippen molar-refractivity contribution in [3.8, 4) is 5.88 Å². The number of carbonyl (C=O) groups is 1. The molecule has 3 heterocycles. The first kappa shape index (κ1) is 19.6. The zero-order chi connectivity index (χ0) is 19.1. The molecule has 2 aromatic rings. The molecular formula is C19H27N5O2S. The molecule has 0 aromatic carbocycles. The van der Waals surface area contributed by atoms with Crippen LogP contribution in [0.15, 0.2) is 35.8 Å². The molecule has 2 amide bonds. The number of piperazine rings is 1. The van der Waals surface area contributed by atoms with Gasteiger partial charge in [-0.3, -0.25) is 4.90 Å². The van der Waals surface area contributed by atoms with Gasteiger partial charge in [-0.15, -0.1) is 11.3 Å². The molecule has 7 nitrogen and oxygen atoms in total. The Bertz CT molecular complexity index is 717. The van der Waals surface area contributed by atoms with E-state index in [2.05, 4.69) is 50.0 Å². The van der Waals surface area contributed by atoms with E-state index in [1.807, 2.05) is 6.92 Å². The molecule has 146 valence electrons. The average Bonchev–Trinajstić information content (AvgIpc) is 3.19. The second kappa shape index (κ2) is 9.68. The van der Waals surface area contributed by atoms with Gasteiger partial charge in [-0.1, -0.05) is 6.07 Å². The highest BCUT2D eigenvalue weighted by Gasteiger charge is 2.25. The van der Waals surface area contributed by atoms with Crippen LogP contribution in [0.2, 0.25) is 0 Å². The van der Waals surface area contributed by atoms with Crippen molar-refractivity contribution >= 4 is 23.1 Å². The number of hydrogen-bond acceptors (Lipinski definition) is 6. The maximum Gasteiger partial charge on any atom is 0.319 e. The molecule has 1 aliphatic rings. The first-order chi connectivity index (χ1) is 13.2. The number of nitrogens with zero attached hydrogens (tertiary/aromatic N) is 3. The van der Waals surface area contributed by atoms with E-state index in [0.29, 0.717) is 24.7 Å². The second-order valence-electron chi connectivity index (χ2n) is 6.49. The van der Waals surface area contributed by atoms with Gasteiger partial charge in [-0.25, -0.2) is 9.78 Å². The highest BCUT2D eigenvalue weighted by atomic mass is 32.1. The summed E-state index contributed by atoms with van der Waals surface area (Å²) in [6.07, 6.45) is 1.65. The lowest BCUT2D eigenvalue weighted by molar-refractivity contribution is 0.113. The van der Waals surface area contributed by atoms with Crippen LogP contribution in [-0.4, -0.2) is 67.2 Å². The summed E-state index contributed by atoms with van der Waals surface area (Å²) in [4.78, 5) is 22.7. The topological polar surface area (TPSA) is 69.7 Å². The summed E-state index contributed by atoms with van der Waals surface area (Å²) >= 11 is 1.73. The monoisotopic (exact) mass is 389 g/mol. The third-order valence-corrected chi connectivity index (χ3v) is 5.58. The SMILES string of the molecule is CCOc1ncccc1NC(=O)NCC(c1cccs1)N1CCN(C)CC1. The Balaban J connectivity index is 1.61. The lowest BCUT2D eigenvalue weighted by atomic mass is 10.1. The maximum atomic E-state index is 12.4. The molecule has 2 N–H and O–H groups in total. The van der Waals surface area contributed by atoms with Gasteiger partial charge in [0.05, 0.1) is 12.6 Å². The third kappa shape index (κ3) is 5.41. The summed E-state index contributed by atoms with van der Waals surface area (Å²) in [5.41, 5.74) is 0.573. The molecule has 2 aromatic heterocycles. The van der Waals surface area contributed by atoms with Crippen LogP contribution in [0.4, 0.5) is 10.5 Å². The fourth-order valence-corrected chi connectivity index (χ4v) is 3.98. The molecule has 1 saturated heterocycles. The van der Waals surface area contributed by atoms with Gasteiger partial charge in [0.15, 0.2) is 0 Å². The highest BCUT2D eigenvalue weighted by molar-refractivity contribution is 7.10. The van der Waals surface area contributed by atoms with E-state index in [9.17, 15) is 4.79 Å². The van der Waals surface area contributed by atoms with Crippen molar-refractivity contribution in [3.05, 3.63) is 40.7 Å². The lowest BCUT2D eigenvalue weighted by Crippen LogP contribution is -2.48. The molecule has 0 saturated carbocycles. The summed E-state index contributed by atoms with van der Waals surface area (Å²) < 4.78 is 5.46. The minimum atomic E-state index is -0.250. The van der Waals surface area contributed by atoms with Gasteiger partial charge in [-0.2, -0.15) is 0 Å². The van der Waals surface area contributed by atoms with Crippen LogP contribution in [0.5, 0.6) is 5.88 Å². The molecule has 1 aliphatic heterocycles. The number of aromatic nitrogens is 1. The number of anilines is 1. The van der Waals surface area contributed by atoms with Gasteiger partial charge in [0.1, 0.15) is 5.69 Å². The van der Waals surface area contributed by atoms with Gasteiger partial charge in [0.25, 0.3) is 0 Å². The fraction of sp³-hybridized carbons (Fsp3) is 0.474. The summed E-state index contributed by atoms with van der Waals surface area (Å²) in [7, 11) is 2.15. The Morgan fingerprint density at radius 2 is 2.11 bits per heavy atom. The maximum absolute atomic E-state index is 12.4. The first-order valence-electron chi connectivity index (χ1n) is 9.26. The van der Waals surface area contributed by atoms with Gasteiger partial charge < -0.3 is 20.3 Å². The number of thiophene rings is 1. The third-order valence-electron chi connectivity index (χ3n) is 4.61. The van der Waals surface area contributed by atoms with Crippen LogP contribution in [-0.2, 0) is 0 Å². The summed E-state index contributed by atoms with van der Waals surface area (Å²) in [6.45, 7) is 7.03. The number of likely N-dealkylation sites (N-methyl/N-ethyl adjacent to an activating group) is 1. The Kier molecular flexibility index (Phi) is 7.03. The van der Waals surface area contributed by atoms with Crippen molar-refractivity contribution in [2.45, 2.75) is 13.0 Å². The van der Waals surface area contributed by atoms with E-state index < -0.39 is 0 Å². The molecule has 1 atom stereocenters. The summed E-state index contributed by atoms with van der Waals surface area (Å²) in [6, 6.07) is 7.70. The normalized spacial score (nSPS) is 16.7. The molecule has 0 bridgehead atoms. The van der Waals surface area contributed by atoms with E-state index in [-0.39, 0.29) is 12.1 Å². The number of urea groups is 1. The largest absolute Gasteiger partial charge is 0.476 e. The number of amides is 2. The van der Waals surface area contributed by atoms with Crippen LogP contribution in [0.1, 0.15) is 17.8 Å². The Morgan fingerprint density at radius 1 is 1.30 bits per heavy atom. The van der Waals surface area contributed by atoms with E-state index in [0.717, 1.165) is 26.2 Å². The quantitative estimate of drug-likeness (QED) is 0.762. The van der Waals surface area contributed by atoms with Crippen molar-refractivity contribution in [2.24, 2.45) is 0 Å². The second-order valence-corrected chi connectivity index (χ2v) is 7.47. The molecule has 1 fully saturated rings. The standard InChI is InChI=1S/C19H27N5O2S/c1-3-26-18-15(6-4-8-20-18)22-19(25)21-14-16(17-7-5-13-27-17)24-11-9-23(2)10-12-24/h4-8,13,16H,3,9-12,14H2,1-2H3,(H2,21,22,25). The number of nitrogens with one attached hydrogen (secondary N) is 2. The van der Waals surface area contributed by atoms with Crippen molar-refractivity contribution in [1.82, 2.24) is 20.1 Å². The fourth-order valence-electron chi connectivity index (χ4n) is 3.12. The van der Waals surface area contributed by atoms with Gasteiger partial charge in [0.2, 0.25) is 5.88 Å². The predicted octanol–water partition coefficient (Wildman–Crippen LogP) is 2.65. The molecule has 3 rings (SSSR count). The van der Waals surface area contributed by atoms with Crippen molar-refractivity contribution in [2.75, 3.05) is 51.7 Å². The molecular weight excluding hydrogens is 362 g/mol. The lowest BCUT2D eigenvalue weighted by Gasteiger charge is -2.37. The molecule has 27 heavy (non-hydrogen) atoms. The van der Waals surface area contributed by atoms with Gasteiger partial charge in [0, 0.05) is 43.8 Å². The number of carbonyl (C=O) groups excluding carboxylic acids is 1. The first-order valence-corrected chi connectivity index (χ1v) is 10.1. The van der Waals surface area contributed by atoms with Crippen molar-refractivity contribution < 1.29 is 9.53 Å². The summed E-state index contributed by atoms with van der Waals surface area (Å²) in [5.74, 6) is 0.434. The van der Waals surface area contributed by atoms with E-state index >= 15 is 0 Å². The smallest absolute Gasteiger partial charge is 0.319 e. The predicted molar refractivity (Wildman–Crippen MR) is 109 cm³/mol. The molecule has 0 aliphatic carbocycles. The van der Waals surface area contributed by atoms with Crippen molar-refractivity contribution in [1.29, 1.82) is 0 Å². The molecule has 1 unspecified atom stereocenters. The zero-order valence-corrected chi connectivity index (χ0v) is 16.7. The molecule has 8 heteroatoms. The van der Waals surface area contributed by atoms with Crippen LogP contribution in [0.3, 0.4) is 0 Å². The number of rotatable bonds is 7. The molecule has 0 radical (unpaired) electrons. The van der Waals surface area contributed by atoms with Gasteiger partial charge >= 0.3 is 6.03 Å². The van der Waals surface area contributed by atoms with E-state index in [1.54, 1.807) is 29.7 Å². The van der Waals surface area contributed by atoms with Crippen LogP contribution >= 0.6 is 11.3 Å². The highest BCUT2D eigenvalue weighted by Crippen LogP contribution is 2.26. The Labute approximate surface area is 164 Å². The Hall–Kier alpha value is -2.16. The van der Waals surface area contributed by atoms with Crippen molar-refractivity contribution in [3.63, 3.8) is 0 Å². The van der Waals surface area contributed by atoms with Gasteiger partial charge in [-0.05, 0) is 37.6 Å². The minimum Gasteiger partial charge on any atom is -0.476 e. The minimum absolute atomic E-state index is 0.185. The summed E-state index contributed by atoms with van der Waals surface area (Å²) in [5, 5.41) is 7.95. The van der Waals surface area contributed by atoms with E-state index in [1.165, 1.54) is 4.88 Å². The average molecular weight is 390 g/mol. The Morgan fingerprint density at radius 3 is 2.81 bits per heavy atom. The number of pyridine rings is 1. The zero-order valence-electron chi connectivity index (χ0n) is 15.9. The number of hydrogen-bond donors (Lipinski definition) is 2. The molecule has 0 spiro atoms. The van der Waals surface area contributed by atoms with Crippen LogP contribution < -0.4 is 15.4 Å². The van der Waals surface area contributed by atoms with Crippen LogP contribution in [0, 0.1) is 0 Å².